The van der Waals surface area contributed by atoms with Gasteiger partial charge in [-0.25, -0.2) is 33.6 Å². The Labute approximate surface area is 484 Å². The summed E-state index contributed by atoms with van der Waals surface area (Å²) >= 11 is 0. The van der Waals surface area contributed by atoms with Crippen LogP contribution < -0.4 is 11.3 Å². The van der Waals surface area contributed by atoms with Gasteiger partial charge in [0.2, 0.25) is 46.9 Å². The van der Waals surface area contributed by atoms with Crippen molar-refractivity contribution in [2.45, 2.75) is 30.7 Å². The SMILES string of the molecule is O=C(O[C@H]1O[C@@H]2COC(=O)c3cc(O)c(O)c(O)c3-c3c(O)c(O)c4oc(=O)c5c(c(O)c(O)c6oc(=O)c3c4c65)-c3c(cc(O)c(O)c3O)C(=O)O[C@H]2[C@H]2OC(=O)c3cc(O)c(O)c(O)c3-c3c(cc(O)c(O)c3O)C(=O)O[C@H]12)c1cc(O)c(O)c(O)c1. The summed E-state index contributed by atoms with van der Waals surface area (Å²) in [5, 5.41) is 206. The Morgan fingerprint density at radius 1 is 0.360 bits per heavy atom. The van der Waals surface area contributed by atoms with Gasteiger partial charge < -0.3 is 134 Å². The predicted octanol–water partition coefficient (Wildman–Crippen LogP) is 2.94. The number of benzene rings is 7. The molecular formula is C55H32O34. The summed E-state index contributed by atoms with van der Waals surface area (Å²) in [4.78, 5) is 103. The van der Waals surface area contributed by atoms with E-state index in [-0.39, 0.29) is 6.07 Å². The van der Waals surface area contributed by atoms with Gasteiger partial charge in [0.1, 0.15) is 12.7 Å². The molecule has 3 aliphatic heterocycles. The van der Waals surface area contributed by atoms with Crippen molar-refractivity contribution in [2.24, 2.45) is 0 Å². The Balaban J connectivity index is 1.17. The van der Waals surface area contributed by atoms with Gasteiger partial charge in [-0.05, 0) is 36.4 Å². The number of carbonyl (C=O) groups excluding carboxylic acids is 5. The molecule has 89 heavy (non-hydrogen) atoms. The van der Waals surface area contributed by atoms with E-state index in [4.69, 9.17) is 37.3 Å². The third kappa shape index (κ3) is 7.96. The van der Waals surface area contributed by atoms with Crippen LogP contribution in [0.25, 0.3) is 66.1 Å². The minimum Gasteiger partial charge on any atom is -0.504 e. The second-order valence-corrected chi connectivity index (χ2v) is 19.7. The van der Waals surface area contributed by atoms with Gasteiger partial charge in [-0.3, -0.25) is 0 Å². The van der Waals surface area contributed by atoms with Crippen molar-refractivity contribution >= 4 is 62.6 Å². The minimum absolute atomic E-state index is 0.236. The highest BCUT2D eigenvalue weighted by Crippen LogP contribution is 2.59. The lowest BCUT2D eigenvalue weighted by molar-refractivity contribution is -0.282. The summed E-state index contributed by atoms with van der Waals surface area (Å²) in [6.07, 6.45) is -13.9. The molecule has 34 heteroatoms. The van der Waals surface area contributed by atoms with Crippen molar-refractivity contribution in [3.63, 3.8) is 0 Å². The maximum absolute atomic E-state index is 15.3. The van der Waals surface area contributed by atoms with E-state index in [1.54, 1.807) is 0 Å². The molecule has 12 rings (SSSR count). The van der Waals surface area contributed by atoms with Crippen LogP contribution in [0.2, 0.25) is 0 Å². The van der Waals surface area contributed by atoms with E-state index in [2.05, 4.69) is 0 Å². The molecular weight excluding hydrogens is 1200 g/mol. The number of ether oxygens (including phenoxy) is 6. The molecule has 34 nitrogen and oxygen atoms in total. The monoisotopic (exact) mass is 1240 g/mol. The van der Waals surface area contributed by atoms with E-state index in [0.29, 0.717) is 30.3 Å². The number of phenolic OH excluding ortho intramolecular Hbond substituents is 19. The molecule has 3 aliphatic rings. The first-order chi connectivity index (χ1) is 41.9. The first-order valence-electron chi connectivity index (χ1n) is 24.7. The van der Waals surface area contributed by atoms with Crippen LogP contribution in [0, 0.1) is 0 Å². The van der Waals surface area contributed by atoms with E-state index in [1.807, 2.05) is 0 Å². The average molecular weight is 1240 g/mol. The summed E-state index contributed by atoms with van der Waals surface area (Å²) in [6, 6.07) is 2.10. The van der Waals surface area contributed by atoms with Gasteiger partial charge in [0.05, 0.1) is 38.6 Å². The van der Waals surface area contributed by atoms with Crippen LogP contribution in [0.5, 0.6) is 109 Å². The second-order valence-electron chi connectivity index (χ2n) is 19.7. The Morgan fingerprint density at radius 2 is 0.685 bits per heavy atom. The van der Waals surface area contributed by atoms with Crippen LogP contribution in [0.4, 0.5) is 0 Å². The summed E-state index contributed by atoms with van der Waals surface area (Å²) in [5.74, 6) is -38.1. The lowest BCUT2D eigenvalue weighted by Crippen LogP contribution is -2.63. The minimum atomic E-state index is -2.86. The smallest absolute Gasteiger partial charge is 0.345 e. The molecule has 2 aromatic heterocycles. The van der Waals surface area contributed by atoms with Crippen molar-refractivity contribution in [1.29, 1.82) is 0 Å². The van der Waals surface area contributed by atoms with E-state index in [1.165, 1.54) is 0 Å². The van der Waals surface area contributed by atoms with Crippen molar-refractivity contribution in [2.75, 3.05) is 6.61 Å². The maximum Gasteiger partial charge on any atom is 0.345 e. The number of esters is 5. The molecule has 0 spiro atoms. The van der Waals surface area contributed by atoms with Crippen LogP contribution in [0.3, 0.4) is 0 Å². The van der Waals surface area contributed by atoms with Crippen LogP contribution in [-0.2, 0) is 28.4 Å². The molecule has 0 radical (unpaired) electrons. The molecule has 1 fully saturated rings. The Hall–Kier alpha value is -13.0. The first-order valence-corrected chi connectivity index (χ1v) is 24.7. The topological polar surface area (TPSA) is 586 Å². The fourth-order valence-electron chi connectivity index (χ4n) is 10.7. The Kier molecular flexibility index (Phi) is 12.2. The molecule has 6 bridgehead atoms. The number of fused-ring (bicyclic) bond motifs is 10. The van der Waals surface area contributed by atoms with Crippen LogP contribution in [0.1, 0.15) is 51.8 Å². The van der Waals surface area contributed by atoms with Crippen LogP contribution in [-0.4, -0.2) is 164 Å². The number of cyclic esters (lactones) is 1. The van der Waals surface area contributed by atoms with E-state index in [9.17, 15) is 126 Å². The zero-order valence-corrected chi connectivity index (χ0v) is 43.2. The lowest BCUT2D eigenvalue weighted by Gasteiger charge is -2.44. The van der Waals surface area contributed by atoms with Crippen LogP contribution in [0.15, 0.2) is 54.8 Å². The van der Waals surface area contributed by atoms with E-state index in [0.717, 1.165) is 0 Å². The first kappa shape index (κ1) is 56.5. The molecule has 5 heterocycles. The Morgan fingerprint density at radius 3 is 1.08 bits per heavy atom. The van der Waals surface area contributed by atoms with Crippen molar-refractivity contribution < 1.29 is 158 Å². The molecule has 1 saturated heterocycles. The zero-order valence-electron chi connectivity index (χ0n) is 43.2. The molecule has 0 unspecified atom stereocenters. The molecule has 9 aromatic rings. The molecule has 0 saturated carbocycles. The lowest BCUT2D eigenvalue weighted by atomic mass is 9.87. The van der Waals surface area contributed by atoms with E-state index < -0.39 is 282 Å². The summed E-state index contributed by atoms with van der Waals surface area (Å²) < 4.78 is 45.1. The van der Waals surface area contributed by atoms with Gasteiger partial charge in [-0.15, -0.1) is 0 Å². The van der Waals surface area contributed by atoms with Gasteiger partial charge in [-0.1, -0.05) is 0 Å². The Bertz CT molecular complexity index is 4880. The third-order valence-electron chi connectivity index (χ3n) is 14.7. The highest BCUT2D eigenvalue weighted by molar-refractivity contribution is 6.29. The number of hydrogen-bond donors (Lipinski definition) is 19. The number of carbonyl (C=O) groups is 5. The summed E-state index contributed by atoms with van der Waals surface area (Å²) in [6.45, 7) is -1.63. The van der Waals surface area contributed by atoms with Crippen molar-refractivity contribution in [3.8, 4) is 143 Å². The number of rotatable bonds is 2. The predicted molar refractivity (Wildman–Crippen MR) is 280 cm³/mol. The molecule has 19 N–H and O–H groups in total. The molecule has 5 atom stereocenters. The normalized spacial score (nSPS) is 18.2. The fourth-order valence-corrected chi connectivity index (χ4v) is 10.7. The van der Waals surface area contributed by atoms with Gasteiger partial charge >= 0.3 is 41.1 Å². The van der Waals surface area contributed by atoms with Crippen molar-refractivity contribution in [1.82, 2.24) is 0 Å². The summed E-state index contributed by atoms with van der Waals surface area (Å²) in [5.41, 5.74) is -19.9. The van der Waals surface area contributed by atoms with E-state index >= 15 is 4.79 Å². The number of phenols is 19. The standard InChI is InChI=1S/C55H32O34/c56-13-1-8(2-14(57)30(13)62)48(75)89-55-47-46(87-51(78)10-4-16(59)31(63)35(67)20(10)21-11(52(79)88-47)5-17(60)32(64)36(21)68)43-19(83-55)7-82-49(76)9-3-15(58)33(65)37(69)22(9)24-28-26-27-29(54(81)86-44(26)41(73)39(24)71)25(40(72)42(74)45(27)85-53(28)80)23-12(50(77)84-43)6-18(61)34(66)38(23)70/h1-6,19,43,46-47,55-74H,7H2/t19-,43-,46-,47+,55-/m1/s1. The number of aromatic hydroxyl groups is 19. The molecule has 0 aliphatic carbocycles. The molecule has 0 amide bonds. The zero-order chi connectivity index (χ0) is 64.3. The van der Waals surface area contributed by atoms with Gasteiger partial charge in [-0.2, -0.15) is 0 Å². The van der Waals surface area contributed by atoms with Gasteiger partial charge in [0.15, 0.2) is 98.1 Å². The fraction of sp³-hybridized carbons (Fsp3) is 0.109. The molecule has 7 aromatic carbocycles. The highest BCUT2D eigenvalue weighted by atomic mass is 16.7. The highest BCUT2D eigenvalue weighted by Gasteiger charge is 2.56. The largest absolute Gasteiger partial charge is 0.504 e. The average Bonchev–Trinajstić information content (AvgIpc) is 0.840. The number of hydrogen-bond acceptors (Lipinski definition) is 34. The quantitative estimate of drug-likeness (QED) is 0.0389. The van der Waals surface area contributed by atoms with Gasteiger partial charge in [0.25, 0.3) is 0 Å². The van der Waals surface area contributed by atoms with Gasteiger partial charge in [0, 0.05) is 44.2 Å². The summed E-state index contributed by atoms with van der Waals surface area (Å²) in [7, 11) is 0. The van der Waals surface area contributed by atoms with Crippen LogP contribution >= 0.6 is 0 Å². The molecule has 456 valence electrons. The van der Waals surface area contributed by atoms with Crippen molar-refractivity contribution in [3.05, 3.63) is 85.1 Å². The maximum atomic E-state index is 15.3. The second kappa shape index (κ2) is 19.3. The third-order valence-corrected chi connectivity index (χ3v) is 14.7.